The van der Waals surface area contributed by atoms with Gasteiger partial charge in [0, 0.05) is 5.56 Å². The van der Waals surface area contributed by atoms with Crippen LogP contribution < -0.4 is 0 Å². The molecule has 2 aromatic rings. The van der Waals surface area contributed by atoms with Gasteiger partial charge >= 0.3 is 0 Å². The normalized spacial score (nSPS) is 11.2. The molecule has 0 atom stereocenters. The Bertz CT molecular complexity index is 549. The van der Waals surface area contributed by atoms with E-state index in [-0.39, 0.29) is 6.61 Å². The van der Waals surface area contributed by atoms with Gasteiger partial charge in [-0.25, -0.2) is 4.68 Å². The number of benzene rings is 1. The quantitative estimate of drug-likeness (QED) is 0.822. The first kappa shape index (κ1) is 15.1. The van der Waals surface area contributed by atoms with Gasteiger partial charge in [-0.2, -0.15) is 5.10 Å². The van der Waals surface area contributed by atoms with Crippen molar-refractivity contribution in [1.82, 2.24) is 9.78 Å². The van der Waals surface area contributed by atoms with Crippen molar-refractivity contribution in [3.63, 3.8) is 0 Å². The van der Waals surface area contributed by atoms with E-state index in [0.717, 1.165) is 34.1 Å². The molecule has 108 valence electrons. The molecule has 0 amide bonds. The molecule has 0 aliphatic rings. The number of aromatic nitrogens is 2. The third kappa shape index (κ3) is 3.44. The number of hydrogen-bond acceptors (Lipinski definition) is 3. The van der Waals surface area contributed by atoms with E-state index in [0.29, 0.717) is 5.92 Å². The second-order valence-corrected chi connectivity index (χ2v) is 6.39. The van der Waals surface area contributed by atoms with Gasteiger partial charge in [0.2, 0.25) is 0 Å². The Balaban J connectivity index is 2.31. The summed E-state index contributed by atoms with van der Waals surface area (Å²) in [5.41, 5.74) is 2.90. The SMILES string of the molecule is Cc1nn(-c2ccccc2)c(SCCC(C)C)c1CO. The van der Waals surface area contributed by atoms with Crippen LogP contribution in [0.2, 0.25) is 0 Å². The van der Waals surface area contributed by atoms with Crippen LogP contribution in [0.3, 0.4) is 0 Å². The van der Waals surface area contributed by atoms with Crippen LogP contribution in [0.25, 0.3) is 5.69 Å². The van der Waals surface area contributed by atoms with Crippen LogP contribution in [0.5, 0.6) is 0 Å². The molecule has 0 aliphatic carbocycles. The summed E-state index contributed by atoms with van der Waals surface area (Å²) >= 11 is 1.78. The third-order valence-electron chi connectivity index (χ3n) is 3.23. The fourth-order valence-corrected chi connectivity index (χ4v) is 3.44. The Morgan fingerprint density at radius 2 is 1.95 bits per heavy atom. The van der Waals surface area contributed by atoms with Crippen molar-refractivity contribution in [3.8, 4) is 5.69 Å². The minimum Gasteiger partial charge on any atom is -0.392 e. The average Bonchev–Trinajstić information content (AvgIpc) is 2.75. The molecular weight excluding hydrogens is 268 g/mol. The first-order valence-corrected chi connectivity index (χ1v) is 7.99. The number of rotatable bonds is 6. The van der Waals surface area contributed by atoms with E-state index in [2.05, 4.69) is 18.9 Å². The predicted molar refractivity (Wildman–Crippen MR) is 84.4 cm³/mol. The molecule has 0 saturated heterocycles. The summed E-state index contributed by atoms with van der Waals surface area (Å²) in [6.45, 7) is 6.46. The maximum absolute atomic E-state index is 9.60. The first-order valence-electron chi connectivity index (χ1n) is 7.01. The van der Waals surface area contributed by atoms with Gasteiger partial charge in [0.25, 0.3) is 0 Å². The van der Waals surface area contributed by atoms with Crippen LogP contribution in [0.4, 0.5) is 0 Å². The second kappa shape index (κ2) is 6.95. The smallest absolute Gasteiger partial charge is 0.106 e. The summed E-state index contributed by atoms with van der Waals surface area (Å²) in [5.74, 6) is 1.73. The largest absolute Gasteiger partial charge is 0.392 e. The number of nitrogens with zero attached hydrogens (tertiary/aromatic N) is 2. The molecule has 0 bridgehead atoms. The minimum atomic E-state index is 0.0443. The summed E-state index contributed by atoms with van der Waals surface area (Å²) in [4.78, 5) is 0. The van der Waals surface area contributed by atoms with E-state index >= 15 is 0 Å². The van der Waals surface area contributed by atoms with Gasteiger partial charge < -0.3 is 5.11 Å². The van der Waals surface area contributed by atoms with Gasteiger partial charge in [-0.05, 0) is 37.1 Å². The zero-order valence-corrected chi connectivity index (χ0v) is 13.2. The highest BCUT2D eigenvalue weighted by atomic mass is 32.2. The van der Waals surface area contributed by atoms with Gasteiger partial charge in [0.15, 0.2) is 0 Å². The van der Waals surface area contributed by atoms with Gasteiger partial charge in [-0.3, -0.25) is 0 Å². The molecule has 0 fully saturated rings. The van der Waals surface area contributed by atoms with E-state index in [9.17, 15) is 5.11 Å². The number of aryl methyl sites for hydroxylation is 1. The molecule has 3 nitrogen and oxygen atoms in total. The molecule has 0 radical (unpaired) electrons. The average molecular weight is 290 g/mol. The molecule has 2 rings (SSSR count). The number of thioether (sulfide) groups is 1. The van der Waals surface area contributed by atoms with Gasteiger partial charge in [-0.15, -0.1) is 11.8 Å². The third-order valence-corrected chi connectivity index (χ3v) is 4.36. The second-order valence-electron chi connectivity index (χ2n) is 5.31. The summed E-state index contributed by atoms with van der Waals surface area (Å²) in [6, 6.07) is 10.1. The fourth-order valence-electron chi connectivity index (χ4n) is 2.00. The van der Waals surface area contributed by atoms with Gasteiger partial charge in [0.05, 0.1) is 18.0 Å². The van der Waals surface area contributed by atoms with Crippen molar-refractivity contribution >= 4 is 11.8 Å². The number of aliphatic hydroxyl groups excluding tert-OH is 1. The molecule has 0 spiro atoms. The van der Waals surface area contributed by atoms with E-state index in [1.807, 2.05) is 41.9 Å². The van der Waals surface area contributed by atoms with Gasteiger partial charge in [0.1, 0.15) is 5.03 Å². The molecule has 0 saturated carbocycles. The Morgan fingerprint density at radius 1 is 1.25 bits per heavy atom. The lowest BCUT2D eigenvalue weighted by Crippen LogP contribution is -2.00. The van der Waals surface area contributed by atoms with Crippen LogP contribution in [0, 0.1) is 12.8 Å². The Morgan fingerprint density at radius 3 is 2.55 bits per heavy atom. The summed E-state index contributed by atoms with van der Waals surface area (Å²) in [5, 5.41) is 15.3. The summed E-state index contributed by atoms with van der Waals surface area (Å²) in [7, 11) is 0. The molecule has 1 heterocycles. The Hall–Kier alpha value is -1.26. The lowest BCUT2D eigenvalue weighted by molar-refractivity contribution is 0.278. The first-order chi connectivity index (χ1) is 9.63. The molecule has 20 heavy (non-hydrogen) atoms. The van der Waals surface area contributed by atoms with Crippen LogP contribution in [0.15, 0.2) is 35.4 Å². The molecule has 4 heteroatoms. The van der Waals surface area contributed by atoms with Crippen LogP contribution in [0.1, 0.15) is 31.5 Å². The van der Waals surface area contributed by atoms with E-state index < -0.39 is 0 Å². The van der Waals surface area contributed by atoms with Crippen LogP contribution in [-0.2, 0) is 6.61 Å². The topological polar surface area (TPSA) is 38.0 Å². The zero-order valence-electron chi connectivity index (χ0n) is 12.3. The van der Waals surface area contributed by atoms with Crippen molar-refractivity contribution in [2.75, 3.05) is 5.75 Å². The fraction of sp³-hybridized carbons (Fsp3) is 0.438. The molecule has 0 unspecified atom stereocenters. The lowest BCUT2D eigenvalue weighted by atomic mass is 10.2. The predicted octanol–water partition coefficient (Wildman–Crippen LogP) is 3.81. The molecule has 0 aliphatic heterocycles. The number of aliphatic hydroxyl groups is 1. The molecule has 1 aromatic heterocycles. The zero-order chi connectivity index (χ0) is 14.5. The summed E-state index contributed by atoms with van der Waals surface area (Å²) < 4.78 is 1.95. The van der Waals surface area contributed by atoms with Crippen molar-refractivity contribution in [2.45, 2.75) is 38.8 Å². The van der Waals surface area contributed by atoms with Crippen LogP contribution >= 0.6 is 11.8 Å². The van der Waals surface area contributed by atoms with E-state index in [1.165, 1.54) is 0 Å². The Labute approximate surface area is 125 Å². The highest BCUT2D eigenvalue weighted by Gasteiger charge is 2.16. The van der Waals surface area contributed by atoms with Crippen molar-refractivity contribution < 1.29 is 5.11 Å². The maximum atomic E-state index is 9.60. The maximum Gasteiger partial charge on any atom is 0.106 e. The highest BCUT2D eigenvalue weighted by Crippen LogP contribution is 2.29. The highest BCUT2D eigenvalue weighted by molar-refractivity contribution is 7.99. The lowest BCUT2D eigenvalue weighted by Gasteiger charge is -2.09. The standard InChI is InChI=1S/C16H22N2OS/c1-12(2)9-10-20-16-15(11-19)13(3)17-18(16)14-7-5-4-6-8-14/h4-8,12,19H,9-11H2,1-3H3. The number of hydrogen-bond donors (Lipinski definition) is 1. The molecule has 1 aromatic carbocycles. The van der Waals surface area contributed by atoms with Gasteiger partial charge in [-0.1, -0.05) is 32.0 Å². The number of para-hydroxylation sites is 1. The van der Waals surface area contributed by atoms with Crippen LogP contribution in [-0.4, -0.2) is 20.6 Å². The molecule has 1 N–H and O–H groups in total. The summed E-state index contributed by atoms with van der Waals surface area (Å²) in [6.07, 6.45) is 1.16. The monoisotopic (exact) mass is 290 g/mol. The van der Waals surface area contributed by atoms with E-state index in [1.54, 1.807) is 11.8 Å². The molecular formula is C16H22N2OS. The van der Waals surface area contributed by atoms with Crippen molar-refractivity contribution in [2.24, 2.45) is 5.92 Å². The van der Waals surface area contributed by atoms with Crippen molar-refractivity contribution in [1.29, 1.82) is 0 Å². The Kier molecular flexibility index (Phi) is 5.26. The van der Waals surface area contributed by atoms with E-state index in [4.69, 9.17) is 0 Å². The van der Waals surface area contributed by atoms with Crippen molar-refractivity contribution in [3.05, 3.63) is 41.6 Å². The minimum absolute atomic E-state index is 0.0443.